The Morgan fingerprint density at radius 2 is 2.17 bits per heavy atom. The number of hydrogen-bond donors (Lipinski definition) is 2. The van der Waals surface area contributed by atoms with E-state index in [1.54, 1.807) is 12.3 Å². The fourth-order valence-electron chi connectivity index (χ4n) is 5.74. The summed E-state index contributed by atoms with van der Waals surface area (Å²) in [6.45, 7) is 4.41. The first kappa shape index (κ1) is 19.2. The summed E-state index contributed by atoms with van der Waals surface area (Å²) in [5.74, 6) is 0.977. The minimum absolute atomic E-state index is 0.0451. The van der Waals surface area contributed by atoms with Crippen molar-refractivity contribution in [2.45, 2.75) is 44.7 Å². The first-order valence-electron chi connectivity index (χ1n) is 11.0. The third-order valence-electron chi connectivity index (χ3n) is 7.06. The first-order valence-corrected chi connectivity index (χ1v) is 11.0. The minimum atomic E-state index is -0.111. The maximum atomic E-state index is 12.9. The van der Waals surface area contributed by atoms with E-state index in [2.05, 4.69) is 37.2 Å². The molecule has 5 rings (SSSR count). The zero-order chi connectivity index (χ0) is 20.7. The van der Waals surface area contributed by atoms with Gasteiger partial charge in [-0.05, 0) is 62.3 Å². The van der Waals surface area contributed by atoms with E-state index in [9.17, 15) is 9.59 Å². The highest BCUT2D eigenvalue weighted by Gasteiger charge is 2.49. The number of nitrogens with zero attached hydrogens (tertiary/aromatic N) is 3. The Hall–Kier alpha value is -2.83. The average molecular weight is 408 g/mol. The second kappa shape index (κ2) is 7.78. The van der Waals surface area contributed by atoms with Crippen LogP contribution >= 0.6 is 0 Å². The normalized spacial score (nSPS) is 28.2. The average Bonchev–Trinajstić information content (AvgIpc) is 3.29. The standard InChI is InChI=1S/C23H29N5O2/c1-15-10-18(7-9-24-15)27-13-16-11-17(14-27)21(28-20(16)5-2-6-22(28)29)12-26-23(30)19-4-3-8-25-19/h3-4,7-10,16-17,20-21,25H,2,5-6,11-14H2,1H3,(H,26,30)/t16-,17+,20+,21+/m1/s1. The first-order chi connectivity index (χ1) is 14.6. The number of rotatable bonds is 4. The van der Waals surface area contributed by atoms with E-state index < -0.39 is 0 Å². The van der Waals surface area contributed by atoms with Crippen molar-refractivity contribution in [1.82, 2.24) is 20.2 Å². The van der Waals surface area contributed by atoms with E-state index in [4.69, 9.17) is 0 Å². The van der Waals surface area contributed by atoms with Gasteiger partial charge in [0.25, 0.3) is 5.91 Å². The number of carbonyl (C=O) groups is 2. The lowest BCUT2D eigenvalue weighted by molar-refractivity contribution is -0.148. The van der Waals surface area contributed by atoms with Crippen LogP contribution in [0.2, 0.25) is 0 Å². The van der Waals surface area contributed by atoms with Crippen LogP contribution in [-0.2, 0) is 4.79 Å². The van der Waals surface area contributed by atoms with Gasteiger partial charge in [-0.1, -0.05) is 0 Å². The Kier molecular flexibility index (Phi) is 4.97. The molecule has 158 valence electrons. The third kappa shape index (κ3) is 3.46. The molecule has 0 aromatic carbocycles. The van der Waals surface area contributed by atoms with Crippen molar-refractivity contribution in [2.24, 2.45) is 11.8 Å². The number of aromatic amines is 1. The SMILES string of the molecule is Cc1cc(N2C[C@H]3C[C@@H](C2)[C@H](CNC(=O)c2ccc[nH]2)N2C(=O)CCC[C@@H]32)ccn1. The molecule has 7 heteroatoms. The number of piperidine rings is 3. The Balaban J connectivity index is 1.39. The highest BCUT2D eigenvalue weighted by atomic mass is 16.2. The van der Waals surface area contributed by atoms with Gasteiger partial charge >= 0.3 is 0 Å². The van der Waals surface area contributed by atoms with E-state index >= 15 is 0 Å². The summed E-state index contributed by atoms with van der Waals surface area (Å²) < 4.78 is 0. The lowest BCUT2D eigenvalue weighted by Crippen LogP contribution is -2.67. The number of anilines is 1. The van der Waals surface area contributed by atoms with Gasteiger partial charge in [0.1, 0.15) is 5.69 Å². The van der Waals surface area contributed by atoms with Gasteiger partial charge in [0.05, 0.1) is 6.04 Å². The van der Waals surface area contributed by atoms with Crippen LogP contribution in [0.3, 0.4) is 0 Å². The Morgan fingerprint density at radius 1 is 1.30 bits per heavy atom. The van der Waals surface area contributed by atoms with Crippen LogP contribution in [0.25, 0.3) is 0 Å². The van der Waals surface area contributed by atoms with E-state index in [0.29, 0.717) is 30.5 Å². The fourth-order valence-corrected chi connectivity index (χ4v) is 5.74. The number of pyridine rings is 1. The highest BCUT2D eigenvalue weighted by Crippen LogP contribution is 2.42. The quantitative estimate of drug-likeness (QED) is 0.815. The van der Waals surface area contributed by atoms with Crippen LogP contribution in [-0.4, -0.2) is 58.4 Å². The Labute approximate surface area is 176 Å². The molecule has 2 aromatic rings. The molecule has 3 fully saturated rings. The summed E-state index contributed by atoms with van der Waals surface area (Å²) in [6.07, 6.45) is 7.41. The van der Waals surface area contributed by atoms with Gasteiger partial charge in [-0.25, -0.2) is 0 Å². The monoisotopic (exact) mass is 407 g/mol. The topological polar surface area (TPSA) is 81.3 Å². The molecule has 3 saturated heterocycles. The van der Waals surface area contributed by atoms with Crippen molar-refractivity contribution >= 4 is 17.5 Å². The third-order valence-corrected chi connectivity index (χ3v) is 7.06. The van der Waals surface area contributed by atoms with E-state index in [0.717, 1.165) is 38.0 Å². The van der Waals surface area contributed by atoms with Crippen LogP contribution < -0.4 is 10.2 Å². The number of carbonyl (C=O) groups excluding carboxylic acids is 2. The minimum Gasteiger partial charge on any atom is -0.371 e. The lowest BCUT2D eigenvalue weighted by Gasteiger charge is -2.57. The van der Waals surface area contributed by atoms with E-state index in [-0.39, 0.29) is 23.9 Å². The summed E-state index contributed by atoms with van der Waals surface area (Å²) >= 11 is 0. The molecule has 2 amide bonds. The molecule has 2 aromatic heterocycles. The number of fused-ring (bicyclic) bond motifs is 4. The fraction of sp³-hybridized carbons (Fsp3) is 0.522. The highest BCUT2D eigenvalue weighted by molar-refractivity contribution is 5.92. The number of aromatic nitrogens is 2. The Bertz CT molecular complexity index is 927. The van der Waals surface area contributed by atoms with Crippen molar-refractivity contribution < 1.29 is 9.59 Å². The maximum absolute atomic E-state index is 12.9. The largest absolute Gasteiger partial charge is 0.371 e. The van der Waals surface area contributed by atoms with Gasteiger partial charge in [0.2, 0.25) is 5.91 Å². The van der Waals surface area contributed by atoms with E-state index in [1.165, 1.54) is 5.69 Å². The van der Waals surface area contributed by atoms with Crippen LogP contribution in [0.5, 0.6) is 0 Å². The van der Waals surface area contributed by atoms with Crippen molar-refractivity contribution in [2.75, 3.05) is 24.5 Å². The molecule has 0 spiro atoms. The van der Waals surface area contributed by atoms with Crippen molar-refractivity contribution in [3.05, 3.63) is 48.0 Å². The van der Waals surface area contributed by atoms with Gasteiger partial charge < -0.3 is 20.1 Å². The van der Waals surface area contributed by atoms with Gasteiger partial charge in [0, 0.05) is 55.9 Å². The second-order valence-electron chi connectivity index (χ2n) is 8.94. The van der Waals surface area contributed by atoms with Crippen LogP contribution in [0.4, 0.5) is 5.69 Å². The number of aryl methyl sites for hydroxylation is 1. The lowest BCUT2D eigenvalue weighted by atomic mass is 9.72. The molecule has 0 aliphatic carbocycles. The maximum Gasteiger partial charge on any atom is 0.267 e. The predicted octanol–water partition coefficient (Wildman–Crippen LogP) is 2.35. The molecule has 2 bridgehead atoms. The van der Waals surface area contributed by atoms with Crippen LogP contribution in [0.1, 0.15) is 41.9 Å². The number of nitrogens with one attached hydrogen (secondary N) is 2. The molecular weight excluding hydrogens is 378 g/mol. The zero-order valence-electron chi connectivity index (χ0n) is 17.4. The van der Waals surface area contributed by atoms with Gasteiger partial charge in [-0.3, -0.25) is 14.6 Å². The van der Waals surface area contributed by atoms with Gasteiger partial charge in [0.15, 0.2) is 0 Å². The number of hydrogen-bond acceptors (Lipinski definition) is 4. The zero-order valence-corrected chi connectivity index (χ0v) is 17.4. The number of H-pyrrole nitrogens is 1. The van der Waals surface area contributed by atoms with Gasteiger partial charge in [-0.15, -0.1) is 0 Å². The molecule has 5 heterocycles. The van der Waals surface area contributed by atoms with Crippen molar-refractivity contribution in [1.29, 1.82) is 0 Å². The second-order valence-corrected chi connectivity index (χ2v) is 8.94. The molecule has 30 heavy (non-hydrogen) atoms. The summed E-state index contributed by atoms with van der Waals surface area (Å²) in [6, 6.07) is 8.14. The van der Waals surface area contributed by atoms with Crippen molar-refractivity contribution in [3.63, 3.8) is 0 Å². The summed E-state index contributed by atoms with van der Waals surface area (Å²) in [5, 5.41) is 3.08. The van der Waals surface area contributed by atoms with Crippen LogP contribution in [0, 0.1) is 18.8 Å². The predicted molar refractivity (Wildman–Crippen MR) is 114 cm³/mol. The molecule has 0 unspecified atom stereocenters. The van der Waals surface area contributed by atoms with Crippen molar-refractivity contribution in [3.8, 4) is 0 Å². The summed E-state index contributed by atoms with van der Waals surface area (Å²) in [5.41, 5.74) is 2.79. The van der Waals surface area contributed by atoms with E-state index in [1.807, 2.05) is 19.2 Å². The molecule has 0 radical (unpaired) electrons. The summed E-state index contributed by atoms with van der Waals surface area (Å²) in [7, 11) is 0. The Morgan fingerprint density at radius 3 is 2.97 bits per heavy atom. The number of amides is 2. The molecular formula is C23H29N5O2. The molecule has 3 aliphatic rings. The molecule has 3 aliphatic heterocycles. The van der Waals surface area contributed by atoms with Gasteiger partial charge in [-0.2, -0.15) is 0 Å². The molecule has 0 saturated carbocycles. The summed E-state index contributed by atoms with van der Waals surface area (Å²) in [4.78, 5) is 37.4. The van der Waals surface area contributed by atoms with Crippen LogP contribution in [0.15, 0.2) is 36.7 Å². The molecule has 4 atom stereocenters. The molecule has 7 nitrogen and oxygen atoms in total. The molecule has 2 N–H and O–H groups in total. The smallest absolute Gasteiger partial charge is 0.267 e.